The number of rotatable bonds is 3. The second-order valence-electron chi connectivity index (χ2n) is 8.95. The van der Waals surface area contributed by atoms with E-state index in [1.807, 2.05) is 79.7 Å². The fourth-order valence-corrected chi connectivity index (χ4v) is 5.12. The SMILES string of the molecule is Cc1ccc(/C=N\N2CC(=O)N3[C@H](c4ccccc4)c4[nH]c5ccccc5c4C[C@H]3C2=O)cc1. The molecular formula is C28H24N4O2. The molecule has 3 heterocycles. The van der Waals surface area contributed by atoms with E-state index in [-0.39, 0.29) is 24.4 Å². The zero-order valence-corrected chi connectivity index (χ0v) is 18.8. The number of carbonyl (C=O) groups excluding carboxylic acids is 2. The molecule has 3 aromatic carbocycles. The molecular weight excluding hydrogens is 424 g/mol. The summed E-state index contributed by atoms with van der Waals surface area (Å²) in [7, 11) is 0. The molecule has 2 amide bonds. The Morgan fingerprint density at radius 2 is 1.68 bits per heavy atom. The van der Waals surface area contributed by atoms with Crippen molar-refractivity contribution in [3.8, 4) is 0 Å². The molecule has 1 fully saturated rings. The van der Waals surface area contributed by atoms with E-state index in [0.717, 1.165) is 38.9 Å². The molecule has 6 rings (SSSR count). The number of hydrogen-bond donors (Lipinski definition) is 1. The van der Waals surface area contributed by atoms with E-state index in [2.05, 4.69) is 16.2 Å². The van der Waals surface area contributed by atoms with Crippen LogP contribution in [0.3, 0.4) is 0 Å². The van der Waals surface area contributed by atoms with Crippen molar-refractivity contribution in [1.82, 2.24) is 14.9 Å². The van der Waals surface area contributed by atoms with Crippen LogP contribution in [0, 0.1) is 6.92 Å². The fourth-order valence-electron chi connectivity index (χ4n) is 5.12. The first kappa shape index (κ1) is 20.4. The highest BCUT2D eigenvalue weighted by molar-refractivity contribution is 5.98. The van der Waals surface area contributed by atoms with E-state index < -0.39 is 6.04 Å². The molecule has 4 aromatic rings. The van der Waals surface area contributed by atoms with Gasteiger partial charge in [-0.15, -0.1) is 0 Å². The van der Waals surface area contributed by atoms with Crippen LogP contribution in [-0.4, -0.2) is 45.5 Å². The van der Waals surface area contributed by atoms with Gasteiger partial charge in [-0.1, -0.05) is 78.4 Å². The average molecular weight is 449 g/mol. The molecule has 0 saturated carbocycles. The van der Waals surface area contributed by atoms with E-state index in [1.165, 1.54) is 5.01 Å². The quantitative estimate of drug-likeness (QED) is 0.478. The summed E-state index contributed by atoms with van der Waals surface area (Å²) in [5.74, 6) is -0.261. The van der Waals surface area contributed by atoms with E-state index in [0.29, 0.717) is 6.42 Å². The summed E-state index contributed by atoms with van der Waals surface area (Å²) in [4.78, 5) is 32.4. The zero-order chi connectivity index (χ0) is 23.2. The molecule has 2 aliphatic rings. The molecule has 1 aromatic heterocycles. The summed E-state index contributed by atoms with van der Waals surface area (Å²) >= 11 is 0. The van der Waals surface area contributed by atoms with Gasteiger partial charge < -0.3 is 9.88 Å². The minimum Gasteiger partial charge on any atom is -0.356 e. The molecule has 6 nitrogen and oxygen atoms in total. The monoisotopic (exact) mass is 448 g/mol. The third kappa shape index (κ3) is 3.30. The number of aromatic nitrogens is 1. The Bertz CT molecular complexity index is 1420. The lowest BCUT2D eigenvalue weighted by atomic mass is 9.86. The van der Waals surface area contributed by atoms with Gasteiger partial charge in [-0.25, -0.2) is 5.01 Å². The van der Waals surface area contributed by atoms with Crippen molar-refractivity contribution < 1.29 is 9.59 Å². The lowest BCUT2D eigenvalue weighted by molar-refractivity contribution is -0.158. The second kappa shape index (κ2) is 7.99. The number of nitrogens with zero attached hydrogens (tertiary/aromatic N) is 3. The van der Waals surface area contributed by atoms with Gasteiger partial charge in [-0.05, 0) is 29.7 Å². The Morgan fingerprint density at radius 3 is 2.47 bits per heavy atom. The van der Waals surface area contributed by atoms with E-state index >= 15 is 0 Å². The number of fused-ring (bicyclic) bond motifs is 4. The maximum atomic E-state index is 13.6. The zero-order valence-electron chi connectivity index (χ0n) is 18.8. The minimum absolute atomic E-state index is 0.0728. The highest BCUT2D eigenvalue weighted by Gasteiger charge is 2.48. The van der Waals surface area contributed by atoms with Gasteiger partial charge in [0.25, 0.3) is 5.91 Å². The predicted octanol–water partition coefficient (Wildman–Crippen LogP) is 4.20. The number of amides is 2. The number of benzene rings is 3. The molecule has 0 bridgehead atoms. The van der Waals surface area contributed by atoms with Crippen LogP contribution in [0.2, 0.25) is 0 Å². The van der Waals surface area contributed by atoms with Crippen LogP contribution >= 0.6 is 0 Å². The van der Waals surface area contributed by atoms with Crippen LogP contribution in [-0.2, 0) is 16.0 Å². The van der Waals surface area contributed by atoms with Crippen molar-refractivity contribution in [2.24, 2.45) is 5.10 Å². The number of nitrogens with one attached hydrogen (secondary N) is 1. The van der Waals surface area contributed by atoms with Crippen LogP contribution in [0.15, 0.2) is 84.0 Å². The Hall–Kier alpha value is -4.19. The van der Waals surface area contributed by atoms with Crippen LogP contribution in [0.5, 0.6) is 0 Å². The molecule has 168 valence electrons. The summed E-state index contributed by atoms with van der Waals surface area (Å²) in [5, 5.41) is 6.83. The van der Waals surface area contributed by atoms with Crippen LogP contribution in [0.1, 0.15) is 34.0 Å². The van der Waals surface area contributed by atoms with E-state index in [9.17, 15) is 9.59 Å². The normalized spacial score (nSPS) is 20.1. The number of aryl methyl sites for hydroxylation is 1. The molecule has 0 unspecified atom stereocenters. The maximum absolute atomic E-state index is 13.6. The van der Waals surface area contributed by atoms with Gasteiger partial charge in [0.1, 0.15) is 12.6 Å². The lowest BCUT2D eigenvalue weighted by Crippen LogP contribution is -2.61. The van der Waals surface area contributed by atoms with Crippen LogP contribution < -0.4 is 0 Å². The molecule has 6 heteroatoms. The van der Waals surface area contributed by atoms with Crippen LogP contribution in [0.4, 0.5) is 0 Å². The van der Waals surface area contributed by atoms with Crippen molar-refractivity contribution in [2.75, 3.05) is 6.54 Å². The molecule has 2 atom stereocenters. The number of H-pyrrole nitrogens is 1. The van der Waals surface area contributed by atoms with Crippen molar-refractivity contribution >= 4 is 28.9 Å². The van der Waals surface area contributed by atoms with E-state index in [1.54, 1.807) is 11.1 Å². The van der Waals surface area contributed by atoms with Gasteiger partial charge in [-0.2, -0.15) is 5.10 Å². The fraction of sp³-hybridized carbons (Fsp3) is 0.179. The first-order chi connectivity index (χ1) is 16.6. The lowest BCUT2D eigenvalue weighted by Gasteiger charge is -2.45. The Balaban J connectivity index is 1.42. The first-order valence-electron chi connectivity index (χ1n) is 11.5. The molecule has 0 aliphatic carbocycles. The minimum atomic E-state index is -0.603. The van der Waals surface area contributed by atoms with Gasteiger partial charge in [0.15, 0.2) is 0 Å². The van der Waals surface area contributed by atoms with Crippen molar-refractivity contribution in [1.29, 1.82) is 0 Å². The van der Waals surface area contributed by atoms with Gasteiger partial charge in [0.2, 0.25) is 5.91 Å². The van der Waals surface area contributed by atoms with Gasteiger partial charge in [0, 0.05) is 23.0 Å². The molecule has 34 heavy (non-hydrogen) atoms. The summed E-state index contributed by atoms with van der Waals surface area (Å²) in [6.07, 6.45) is 2.11. The number of piperazine rings is 1. The molecule has 0 spiro atoms. The average Bonchev–Trinajstić information content (AvgIpc) is 3.24. The third-order valence-electron chi connectivity index (χ3n) is 6.78. The van der Waals surface area contributed by atoms with E-state index in [4.69, 9.17) is 0 Å². The third-order valence-corrected chi connectivity index (χ3v) is 6.78. The highest BCUT2D eigenvalue weighted by Crippen LogP contribution is 2.42. The van der Waals surface area contributed by atoms with Gasteiger partial charge in [-0.3, -0.25) is 9.59 Å². The van der Waals surface area contributed by atoms with Crippen LogP contribution in [0.25, 0.3) is 10.9 Å². The number of aromatic amines is 1. The first-order valence-corrected chi connectivity index (χ1v) is 11.5. The van der Waals surface area contributed by atoms with Gasteiger partial charge >= 0.3 is 0 Å². The maximum Gasteiger partial charge on any atom is 0.266 e. The number of para-hydroxylation sites is 1. The predicted molar refractivity (Wildman–Crippen MR) is 131 cm³/mol. The summed E-state index contributed by atoms with van der Waals surface area (Å²) in [6, 6.07) is 25.0. The number of carbonyl (C=O) groups is 2. The van der Waals surface area contributed by atoms with Crippen molar-refractivity contribution in [3.63, 3.8) is 0 Å². The Morgan fingerprint density at radius 1 is 0.941 bits per heavy atom. The molecule has 1 N–H and O–H groups in total. The highest BCUT2D eigenvalue weighted by atomic mass is 16.2. The summed E-state index contributed by atoms with van der Waals surface area (Å²) in [6.45, 7) is 1.95. The summed E-state index contributed by atoms with van der Waals surface area (Å²) in [5.41, 5.74) is 6.12. The largest absolute Gasteiger partial charge is 0.356 e. The Labute approximate surface area is 197 Å². The second-order valence-corrected chi connectivity index (χ2v) is 8.95. The molecule has 2 aliphatic heterocycles. The number of hydrogen-bond acceptors (Lipinski definition) is 3. The number of hydrazone groups is 1. The smallest absolute Gasteiger partial charge is 0.266 e. The van der Waals surface area contributed by atoms with Gasteiger partial charge in [0.05, 0.1) is 12.3 Å². The topological polar surface area (TPSA) is 68.8 Å². The van der Waals surface area contributed by atoms with Crippen molar-refractivity contribution in [2.45, 2.75) is 25.4 Å². The molecule has 1 saturated heterocycles. The Kier molecular flexibility index (Phi) is 4.80. The summed E-state index contributed by atoms with van der Waals surface area (Å²) < 4.78 is 0. The van der Waals surface area contributed by atoms with Crippen molar-refractivity contribution in [3.05, 3.63) is 107 Å². The molecule has 0 radical (unpaired) electrons. The standard InChI is InChI=1S/C28H24N4O2/c1-18-11-13-19(14-12-18)16-29-31-17-25(33)32-24(28(31)34)15-22-21-9-5-6-10-23(21)30-26(22)27(32)20-7-3-2-4-8-20/h2-14,16,24,27,30H,15,17H2,1H3/b29-16-/t24-,27+/m0/s1.